The second-order valence-electron chi connectivity index (χ2n) is 4.37. The van der Waals surface area contributed by atoms with Crippen molar-refractivity contribution in [2.24, 2.45) is 0 Å². The highest BCUT2D eigenvalue weighted by Gasteiger charge is 2.02. The molecule has 0 aliphatic carbocycles. The number of aliphatic hydroxyl groups is 1. The third-order valence-electron chi connectivity index (χ3n) is 2.77. The van der Waals surface area contributed by atoms with E-state index in [1.807, 2.05) is 6.20 Å². The maximum atomic E-state index is 8.80. The van der Waals surface area contributed by atoms with Crippen LogP contribution in [-0.4, -0.2) is 26.7 Å². The Morgan fingerprint density at radius 1 is 1.33 bits per heavy atom. The van der Waals surface area contributed by atoms with Gasteiger partial charge in [-0.15, -0.1) is 5.10 Å². The van der Waals surface area contributed by atoms with Gasteiger partial charge in [-0.2, -0.15) is 0 Å². The SMILES string of the molecule is Cc1ccc(C)c(NCc2cn(CCO)nn2)c1. The Bertz CT molecular complexity index is 521. The average molecular weight is 246 g/mol. The number of nitrogens with one attached hydrogen (secondary N) is 1. The highest BCUT2D eigenvalue weighted by atomic mass is 16.3. The van der Waals surface area contributed by atoms with E-state index in [1.165, 1.54) is 11.1 Å². The molecular weight excluding hydrogens is 228 g/mol. The predicted molar refractivity (Wildman–Crippen MR) is 70.4 cm³/mol. The van der Waals surface area contributed by atoms with Gasteiger partial charge >= 0.3 is 0 Å². The van der Waals surface area contributed by atoms with E-state index in [4.69, 9.17) is 5.11 Å². The van der Waals surface area contributed by atoms with Crippen LogP contribution in [0.5, 0.6) is 0 Å². The number of rotatable bonds is 5. The molecule has 1 aromatic heterocycles. The summed E-state index contributed by atoms with van der Waals surface area (Å²) in [6.45, 7) is 5.34. The van der Waals surface area contributed by atoms with Crippen LogP contribution in [0.4, 0.5) is 5.69 Å². The van der Waals surface area contributed by atoms with Gasteiger partial charge in [-0.3, -0.25) is 0 Å². The lowest BCUT2D eigenvalue weighted by molar-refractivity contribution is 0.268. The molecule has 2 N–H and O–H groups in total. The smallest absolute Gasteiger partial charge is 0.102 e. The van der Waals surface area contributed by atoms with Gasteiger partial charge in [-0.1, -0.05) is 17.3 Å². The highest BCUT2D eigenvalue weighted by molar-refractivity contribution is 5.52. The minimum atomic E-state index is 0.0766. The molecule has 0 aliphatic rings. The Balaban J connectivity index is 1.99. The van der Waals surface area contributed by atoms with E-state index >= 15 is 0 Å². The van der Waals surface area contributed by atoms with Crippen molar-refractivity contribution in [1.29, 1.82) is 0 Å². The summed E-state index contributed by atoms with van der Waals surface area (Å²) < 4.78 is 1.64. The van der Waals surface area contributed by atoms with Crippen molar-refractivity contribution >= 4 is 5.69 Å². The standard InChI is InChI=1S/C13H18N4O/c1-10-3-4-11(2)13(7-10)14-8-12-9-17(5-6-18)16-15-12/h3-4,7,9,14,18H,5-6,8H2,1-2H3. The van der Waals surface area contributed by atoms with Crippen molar-refractivity contribution in [1.82, 2.24) is 15.0 Å². The van der Waals surface area contributed by atoms with Crippen LogP contribution in [0.15, 0.2) is 24.4 Å². The second kappa shape index (κ2) is 5.64. The molecule has 0 atom stereocenters. The van der Waals surface area contributed by atoms with Crippen LogP contribution in [0.3, 0.4) is 0 Å². The Morgan fingerprint density at radius 3 is 2.94 bits per heavy atom. The fourth-order valence-electron chi connectivity index (χ4n) is 1.74. The quantitative estimate of drug-likeness (QED) is 0.839. The van der Waals surface area contributed by atoms with Gasteiger partial charge in [0.25, 0.3) is 0 Å². The fraction of sp³-hybridized carbons (Fsp3) is 0.385. The van der Waals surface area contributed by atoms with E-state index < -0.39 is 0 Å². The van der Waals surface area contributed by atoms with E-state index in [2.05, 4.69) is 47.7 Å². The zero-order valence-corrected chi connectivity index (χ0v) is 10.7. The summed E-state index contributed by atoms with van der Waals surface area (Å²) in [7, 11) is 0. The zero-order chi connectivity index (χ0) is 13.0. The first-order chi connectivity index (χ1) is 8.69. The van der Waals surface area contributed by atoms with Crippen LogP contribution in [0, 0.1) is 13.8 Å². The number of aliphatic hydroxyl groups excluding tert-OH is 1. The van der Waals surface area contributed by atoms with Gasteiger partial charge in [0.05, 0.1) is 25.9 Å². The van der Waals surface area contributed by atoms with E-state index in [-0.39, 0.29) is 6.61 Å². The van der Waals surface area contributed by atoms with Gasteiger partial charge in [0.15, 0.2) is 0 Å². The number of hydrogen-bond acceptors (Lipinski definition) is 4. The molecule has 0 aliphatic heterocycles. The molecule has 0 amide bonds. The molecule has 0 unspecified atom stereocenters. The normalized spacial score (nSPS) is 10.6. The van der Waals surface area contributed by atoms with Crippen LogP contribution < -0.4 is 5.32 Å². The summed E-state index contributed by atoms with van der Waals surface area (Å²) in [6.07, 6.45) is 1.84. The summed E-state index contributed by atoms with van der Waals surface area (Å²) in [6, 6.07) is 6.31. The third-order valence-corrected chi connectivity index (χ3v) is 2.77. The molecule has 2 aromatic rings. The molecule has 0 spiro atoms. The van der Waals surface area contributed by atoms with E-state index in [1.54, 1.807) is 4.68 Å². The topological polar surface area (TPSA) is 63.0 Å². The summed E-state index contributed by atoms with van der Waals surface area (Å²) in [5, 5.41) is 20.1. The van der Waals surface area contributed by atoms with Crippen molar-refractivity contribution in [2.45, 2.75) is 26.9 Å². The molecule has 0 saturated carbocycles. The molecule has 0 radical (unpaired) electrons. The van der Waals surface area contributed by atoms with Crippen LogP contribution in [-0.2, 0) is 13.1 Å². The van der Waals surface area contributed by atoms with E-state index in [9.17, 15) is 0 Å². The largest absolute Gasteiger partial charge is 0.394 e. The average Bonchev–Trinajstić information content (AvgIpc) is 2.79. The number of aryl methyl sites for hydroxylation is 2. The number of aromatic nitrogens is 3. The van der Waals surface area contributed by atoms with Crippen molar-refractivity contribution in [3.05, 3.63) is 41.2 Å². The molecule has 0 fully saturated rings. The molecule has 0 bridgehead atoms. The van der Waals surface area contributed by atoms with Crippen LogP contribution in [0.25, 0.3) is 0 Å². The molecule has 1 heterocycles. The Labute approximate surface area is 106 Å². The molecule has 5 nitrogen and oxygen atoms in total. The Morgan fingerprint density at radius 2 is 2.17 bits per heavy atom. The number of hydrogen-bond donors (Lipinski definition) is 2. The Kier molecular flexibility index (Phi) is 3.94. The first kappa shape index (κ1) is 12.6. The predicted octanol–water partition coefficient (Wildman–Crippen LogP) is 1.50. The van der Waals surface area contributed by atoms with Crippen LogP contribution >= 0.6 is 0 Å². The van der Waals surface area contributed by atoms with Gasteiger partial charge in [-0.05, 0) is 31.0 Å². The van der Waals surface area contributed by atoms with Crippen LogP contribution in [0.2, 0.25) is 0 Å². The van der Waals surface area contributed by atoms with Gasteiger partial charge < -0.3 is 10.4 Å². The molecule has 1 aromatic carbocycles. The lowest BCUT2D eigenvalue weighted by atomic mass is 10.1. The third kappa shape index (κ3) is 3.07. The van der Waals surface area contributed by atoms with E-state index in [0.29, 0.717) is 13.1 Å². The maximum absolute atomic E-state index is 8.80. The van der Waals surface area contributed by atoms with Crippen LogP contribution in [0.1, 0.15) is 16.8 Å². The Hall–Kier alpha value is -1.88. The fourth-order valence-corrected chi connectivity index (χ4v) is 1.74. The first-order valence-electron chi connectivity index (χ1n) is 6.00. The van der Waals surface area contributed by atoms with Gasteiger partial charge in [0.1, 0.15) is 5.69 Å². The molecule has 18 heavy (non-hydrogen) atoms. The summed E-state index contributed by atoms with van der Waals surface area (Å²) in [5.41, 5.74) is 4.42. The highest BCUT2D eigenvalue weighted by Crippen LogP contribution is 2.16. The lowest BCUT2D eigenvalue weighted by Gasteiger charge is -2.08. The summed E-state index contributed by atoms with van der Waals surface area (Å²) in [5.74, 6) is 0. The van der Waals surface area contributed by atoms with E-state index in [0.717, 1.165) is 11.4 Å². The van der Waals surface area contributed by atoms with Crippen molar-refractivity contribution < 1.29 is 5.11 Å². The summed E-state index contributed by atoms with van der Waals surface area (Å²) >= 11 is 0. The summed E-state index contributed by atoms with van der Waals surface area (Å²) in [4.78, 5) is 0. The minimum absolute atomic E-state index is 0.0766. The molecular formula is C13H18N4O. The maximum Gasteiger partial charge on any atom is 0.102 e. The first-order valence-corrected chi connectivity index (χ1v) is 6.00. The van der Waals surface area contributed by atoms with Crippen molar-refractivity contribution in [2.75, 3.05) is 11.9 Å². The molecule has 5 heteroatoms. The van der Waals surface area contributed by atoms with Gasteiger partial charge in [0, 0.05) is 5.69 Å². The monoisotopic (exact) mass is 246 g/mol. The molecule has 96 valence electrons. The second-order valence-corrected chi connectivity index (χ2v) is 4.37. The lowest BCUT2D eigenvalue weighted by Crippen LogP contribution is -2.02. The number of anilines is 1. The zero-order valence-electron chi connectivity index (χ0n) is 10.7. The van der Waals surface area contributed by atoms with Crippen molar-refractivity contribution in [3.63, 3.8) is 0 Å². The molecule has 2 rings (SSSR count). The minimum Gasteiger partial charge on any atom is -0.394 e. The molecule has 0 saturated heterocycles. The van der Waals surface area contributed by atoms with Gasteiger partial charge in [0.2, 0.25) is 0 Å². The number of benzene rings is 1. The van der Waals surface area contributed by atoms with Crippen molar-refractivity contribution in [3.8, 4) is 0 Å². The number of nitrogens with zero attached hydrogens (tertiary/aromatic N) is 3. The van der Waals surface area contributed by atoms with Gasteiger partial charge in [-0.25, -0.2) is 4.68 Å².